The molecule has 1 aliphatic rings. The van der Waals surface area contributed by atoms with Crippen molar-refractivity contribution in [1.29, 1.82) is 0 Å². The Bertz CT molecular complexity index is 970. The van der Waals surface area contributed by atoms with Crippen LogP contribution in [0.25, 0.3) is 10.8 Å². The molecule has 0 bridgehead atoms. The Morgan fingerprint density at radius 1 is 1.00 bits per heavy atom. The Kier molecular flexibility index (Phi) is 6.40. The molecular formula is C27H30OS. The van der Waals surface area contributed by atoms with Crippen molar-refractivity contribution >= 4 is 28.3 Å². The molecule has 0 unspecified atom stereocenters. The summed E-state index contributed by atoms with van der Waals surface area (Å²) in [5.41, 5.74) is 2.97. The Labute approximate surface area is 178 Å². The first-order chi connectivity index (χ1) is 14.1. The minimum Gasteiger partial charge on any atom is -0.299 e. The zero-order valence-corrected chi connectivity index (χ0v) is 18.3. The van der Waals surface area contributed by atoms with E-state index in [1.54, 1.807) is 18.7 Å². The molecule has 0 aromatic heterocycles. The summed E-state index contributed by atoms with van der Waals surface area (Å²) >= 11 is 1.64. The molecule has 1 fully saturated rings. The topological polar surface area (TPSA) is 17.1 Å². The Balaban J connectivity index is 1.38. The van der Waals surface area contributed by atoms with Crippen LogP contribution in [0, 0.1) is 5.92 Å². The largest absolute Gasteiger partial charge is 0.299 e. The summed E-state index contributed by atoms with van der Waals surface area (Å²) in [6, 6.07) is 24.4. The highest BCUT2D eigenvalue weighted by atomic mass is 32.2. The van der Waals surface area contributed by atoms with Crippen LogP contribution >= 0.6 is 11.8 Å². The monoisotopic (exact) mass is 402 g/mol. The van der Waals surface area contributed by atoms with Gasteiger partial charge in [-0.3, -0.25) is 4.79 Å². The van der Waals surface area contributed by atoms with Crippen LogP contribution in [0.1, 0.15) is 62.5 Å². The van der Waals surface area contributed by atoms with Gasteiger partial charge in [0.2, 0.25) is 0 Å². The zero-order valence-electron chi connectivity index (χ0n) is 17.4. The maximum absolute atomic E-state index is 11.2. The van der Waals surface area contributed by atoms with Gasteiger partial charge in [-0.15, -0.1) is 11.8 Å². The summed E-state index contributed by atoms with van der Waals surface area (Å²) in [6.45, 7) is 4.05. The SMILES string of the molecule is CC(=O)CSc1ccc([C@@H]2CC[C@H](C[C@H](C)c3cccc4ccccc34)C2)cc1. The summed E-state index contributed by atoms with van der Waals surface area (Å²) in [5.74, 6) is 2.89. The van der Waals surface area contributed by atoms with Crippen LogP contribution in [0.15, 0.2) is 71.6 Å². The quantitative estimate of drug-likeness (QED) is 0.378. The normalized spacial score (nSPS) is 20.1. The first-order valence-corrected chi connectivity index (χ1v) is 11.8. The molecule has 4 rings (SSSR count). The van der Waals surface area contributed by atoms with Crippen molar-refractivity contribution in [3.8, 4) is 0 Å². The number of carbonyl (C=O) groups excluding carboxylic acids is 1. The number of carbonyl (C=O) groups is 1. The summed E-state index contributed by atoms with van der Waals surface area (Å²) in [4.78, 5) is 12.4. The number of hydrogen-bond donors (Lipinski definition) is 0. The van der Waals surface area contributed by atoms with E-state index in [1.807, 2.05) is 0 Å². The smallest absolute Gasteiger partial charge is 0.140 e. The Hall–Kier alpha value is -2.06. The maximum atomic E-state index is 11.2. The first-order valence-electron chi connectivity index (χ1n) is 10.8. The third-order valence-corrected chi connectivity index (χ3v) is 7.53. The highest BCUT2D eigenvalue weighted by molar-refractivity contribution is 8.00. The number of fused-ring (bicyclic) bond motifs is 1. The third-order valence-electron chi connectivity index (χ3n) is 6.38. The summed E-state index contributed by atoms with van der Waals surface area (Å²) < 4.78 is 0. The van der Waals surface area contributed by atoms with Crippen LogP contribution in [0.3, 0.4) is 0 Å². The fourth-order valence-electron chi connectivity index (χ4n) is 4.92. The van der Waals surface area contributed by atoms with E-state index in [0.717, 1.165) is 5.92 Å². The molecule has 2 heteroatoms. The van der Waals surface area contributed by atoms with E-state index in [0.29, 0.717) is 17.6 Å². The lowest BCUT2D eigenvalue weighted by molar-refractivity contribution is -0.114. The fraction of sp³-hybridized carbons (Fsp3) is 0.370. The molecular weight excluding hydrogens is 372 g/mol. The van der Waals surface area contributed by atoms with Gasteiger partial charge in [-0.05, 0) is 84.4 Å². The fourth-order valence-corrected chi connectivity index (χ4v) is 5.62. The van der Waals surface area contributed by atoms with Gasteiger partial charge < -0.3 is 0 Å². The molecule has 3 atom stereocenters. The van der Waals surface area contributed by atoms with Crippen molar-refractivity contribution < 1.29 is 4.79 Å². The van der Waals surface area contributed by atoms with Crippen LogP contribution in [0.2, 0.25) is 0 Å². The van der Waals surface area contributed by atoms with E-state index in [4.69, 9.17) is 0 Å². The molecule has 3 aromatic rings. The van der Waals surface area contributed by atoms with Gasteiger partial charge in [0.25, 0.3) is 0 Å². The minimum atomic E-state index is 0.234. The van der Waals surface area contributed by atoms with Crippen LogP contribution in [-0.2, 0) is 4.79 Å². The zero-order chi connectivity index (χ0) is 20.2. The second-order valence-corrected chi connectivity index (χ2v) is 9.69. The number of rotatable bonds is 7. The van der Waals surface area contributed by atoms with Gasteiger partial charge >= 0.3 is 0 Å². The van der Waals surface area contributed by atoms with Gasteiger partial charge in [-0.1, -0.05) is 61.5 Å². The van der Waals surface area contributed by atoms with Crippen LogP contribution in [0.5, 0.6) is 0 Å². The van der Waals surface area contributed by atoms with Crippen LogP contribution < -0.4 is 0 Å². The van der Waals surface area contributed by atoms with E-state index in [9.17, 15) is 4.79 Å². The second-order valence-electron chi connectivity index (χ2n) is 8.64. The maximum Gasteiger partial charge on any atom is 0.140 e. The first kappa shape index (κ1) is 20.2. The molecule has 1 saturated carbocycles. The molecule has 29 heavy (non-hydrogen) atoms. The molecule has 1 nitrogen and oxygen atoms in total. The van der Waals surface area contributed by atoms with Crippen molar-refractivity contribution in [3.05, 3.63) is 77.9 Å². The van der Waals surface area contributed by atoms with Crippen molar-refractivity contribution in [3.63, 3.8) is 0 Å². The highest BCUT2D eigenvalue weighted by Gasteiger charge is 2.27. The standard InChI is InChI=1S/C27H30OS/c1-19(26-9-5-7-23-6-3-4-8-27(23)26)16-21-10-11-24(17-21)22-12-14-25(15-13-22)29-18-20(2)28/h3-9,12-15,19,21,24H,10-11,16-18H2,1-2H3/t19-,21+,24+/m0/s1. The number of thioether (sulfide) groups is 1. The Morgan fingerprint density at radius 2 is 1.76 bits per heavy atom. The van der Waals surface area contributed by atoms with Crippen molar-refractivity contribution in [1.82, 2.24) is 0 Å². The van der Waals surface area contributed by atoms with E-state index in [2.05, 4.69) is 73.7 Å². The lowest BCUT2D eigenvalue weighted by Gasteiger charge is -2.19. The lowest BCUT2D eigenvalue weighted by Crippen LogP contribution is -2.03. The summed E-state index contributed by atoms with van der Waals surface area (Å²) in [6.07, 6.45) is 5.21. The predicted molar refractivity (Wildman–Crippen MR) is 125 cm³/mol. The molecule has 0 saturated heterocycles. The molecule has 150 valence electrons. The third kappa shape index (κ3) is 4.93. The minimum absolute atomic E-state index is 0.234. The lowest BCUT2D eigenvalue weighted by atomic mass is 9.86. The van der Waals surface area contributed by atoms with Gasteiger partial charge in [-0.2, -0.15) is 0 Å². The van der Waals surface area contributed by atoms with Gasteiger partial charge in [-0.25, -0.2) is 0 Å². The van der Waals surface area contributed by atoms with E-state index >= 15 is 0 Å². The Morgan fingerprint density at radius 3 is 2.55 bits per heavy atom. The molecule has 0 heterocycles. The molecule has 0 amide bonds. The predicted octanol–water partition coefficient (Wildman–Crippen LogP) is 7.60. The van der Waals surface area contributed by atoms with Gasteiger partial charge in [0, 0.05) is 4.90 Å². The van der Waals surface area contributed by atoms with Crippen LogP contribution in [0.4, 0.5) is 0 Å². The molecule has 0 radical (unpaired) electrons. The van der Waals surface area contributed by atoms with Crippen molar-refractivity contribution in [2.75, 3.05) is 5.75 Å². The van der Waals surface area contributed by atoms with Crippen molar-refractivity contribution in [2.24, 2.45) is 5.92 Å². The molecule has 3 aromatic carbocycles. The van der Waals surface area contributed by atoms with Gasteiger partial charge in [0.05, 0.1) is 5.75 Å². The average Bonchev–Trinajstić information content (AvgIpc) is 3.20. The number of Topliss-reactive ketones (excluding diaryl/α,β-unsaturated/α-hetero) is 1. The number of hydrogen-bond acceptors (Lipinski definition) is 2. The second kappa shape index (κ2) is 9.17. The average molecular weight is 403 g/mol. The molecule has 0 aliphatic heterocycles. The number of benzene rings is 3. The molecule has 0 spiro atoms. The van der Waals surface area contributed by atoms with Crippen molar-refractivity contribution in [2.45, 2.75) is 56.3 Å². The summed E-state index contributed by atoms with van der Waals surface area (Å²) in [7, 11) is 0. The van der Waals surface area contributed by atoms with Crippen LogP contribution in [-0.4, -0.2) is 11.5 Å². The van der Waals surface area contributed by atoms with E-state index < -0.39 is 0 Å². The van der Waals surface area contributed by atoms with Gasteiger partial charge in [0.15, 0.2) is 0 Å². The molecule has 1 aliphatic carbocycles. The highest BCUT2D eigenvalue weighted by Crippen LogP contribution is 2.43. The summed E-state index contributed by atoms with van der Waals surface area (Å²) in [5, 5.41) is 2.76. The molecule has 0 N–H and O–H groups in total. The van der Waals surface area contributed by atoms with E-state index in [-0.39, 0.29) is 5.78 Å². The number of ketones is 1. The van der Waals surface area contributed by atoms with E-state index in [1.165, 1.54) is 52.5 Å². The van der Waals surface area contributed by atoms with Gasteiger partial charge in [0.1, 0.15) is 5.78 Å².